The molecule has 0 fully saturated rings. The molecule has 0 heterocycles. The van der Waals surface area contributed by atoms with Gasteiger partial charge in [0.15, 0.2) is 0 Å². The molecular weight excluding hydrogens is 334 g/mol. The van der Waals surface area contributed by atoms with E-state index in [2.05, 4.69) is 4.74 Å². The first-order valence-electron chi connectivity index (χ1n) is 5.68. The maximum atomic E-state index is 12.1. The van der Waals surface area contributed by atoms with Gasteiger partial charge in [-0.05, 0) is 30.7 Å². The fourth-order valence-electron chi connectivity index (χ4n) is 1.51. The van der Waals surface area contributed by atoms with Gasteiger partial charge in [0.2, 0.25) is 0 Å². The lowest BCUT2D eigenvalue weighted by molar-refractivity contribution is -0.274. The highest BCUT2D eigenvalue weighted by Gasteiger charge is 2.31. The van der Waals surface area contributed by atoms with Crippen molar-refractivity contribution >= 4 is 30.0 Å². The van der Waals surface area contributed by atoms with Gasteiger partial charge in [0.05, 0.1) is 13.0 Å². The second-order valence-electron chi connectivity index (χ2n) is 3.88. The van der Waals surface area contributed by atoms with Crippen LogP contribution in [0.4, 0.5) is 13.2 Å². The van der Waals surface area contributed by atoms with Crippen LogP contribution in [0, 0.1) is 0 Å². The van der Waals surface area contributed by atoms with Gasteiger partial charge in [-0.2, -0.15) is 0 Å². The number of hydrogen-bond acceptors (Lipinski definition) is 4. The average Bonchev–Trinajstić information content (AvgIpc) is 2.25. The van der Waals surface area contributed by atoms with Gasteiger partial charge in [-0.15, -0.1) is 25.6 Å². The Bertz CT molecular complexity index is 483. The molecule has 0 aliphatic rings. The van der Waals surface area contributed by atoms with Crippen molar-refractivity contribution in [2.24, 2.45) is 5.73 Å². The quantitative estimate of drug-likeness (QED) is 0.826. The van der Waals surface area contributed by atoms with Crippen LogP contribution in [0.3, 0.4) is 0 Å². The molecule has 1 rings (SSSR count). The summed E-state index contributed by atoms with van der Waals surface area (Å²) in [5, 5.41) is 0.0288. The molecule has 9 heteroatoms. The summed E-state index contributed by atoms with van der Waals surface area (Å²) < 4.78 is 44.9. The van der Waals surface area contributed by atoms with Gasteiger partial charge in [0, 0.05) is 11.1 Å². The first-order valence-corrected chi connectivity index (χ1v) is 6.06. The Morgan fingerprint density at radius 3 is 2.52 bits per heavy atom. The molecule has 0 spiro atoms. The number of carbonyl (C=O) groups is 1. The summed E-state index contributed by atoms with van der Waals surface area (Å²) >= 11 is 5.70. The van der Waals surface area contributed by atoms with Crippen molar-refractivity contribution in [1.82, 2.24) is 0 Å². The van der Waals surface area contributed by atoms with Gasteiger partial charge in [0.1, 0.15) is 5.75 Å². The number of benzene rings is 1. The Hall–Kier alpha value is -1.18. The SMILES string of the molecule is CCOC(=O)CC(N)c1cc(Cl)cc(OC(F)(F)F)c1.Cl. The summed E-state index contributed by atoms with van der Waals surface area (Å²) in [5.41, 5.74) is 5.99. The van der Waals surface area contributed by atoms with Crippen LogP contribution in [-0.4, -0.2) is 18.9 Å². The predicted octanol–water partition coefficient (Wildman–Crippen LogP) is 3.61. The average molecular weight is 348 g/mol. The van der Waals surface area contributed by atoms with Crippen molar-refractivity contribution in [3.8, 4) is 5.75 Å². The standard InChI is InChI=1S/C12H13ClF3NO3.ClH/c1-2-19-11(18)6-10(17)7-3-8(13)5-9(4-7)20-12(14,15)16;/h3-5,10H,2,6,17H2,1H3;1H. The summed E-state index contributed by atoms with van der Waals surface area (Å²) in [5.74, 6) is -1.03. The molecule has 21 heavy (non-hydrogen) atoms. The molecule has 1 unspecified atom stereocenters. The van der Waals surface area contributed by atoms with Gasteiger partial charge in [0.25, 0.3) is 0 Å². The molecule has 1 aromatic carbocycles. The number of ether oxygens (including phenoxy) is 2. The van der Waals surface area contributed by atoms with Crippen molar-refractivity contribution in [2.75, 3.05) is 6.61 Å². The number of alkyl halides is 3. The highest BCUT2D eigenvalue weighted by molar-refractivity contribution is 6.30. The molecule has 0 aliphatic carbocycles. The minimum Gasteiger partial charge on any atom is -0.466 e. The Morgan fingerprint density at radius 1 is 1.38 bits per heavy atom. The van der Waals surface area contributed by atoms with E-state index >= 15 is 0 Å². The third-order valence-electron chi connectivity index (χ3n) is 2.25. The van der Waals surface area contributed by atoms with Crippen LogP contribution in [0.25, 0.3) is 0 Å². The monoisotopic (exact) mass is 347 g/mol. The smallest absolute Gasteiger partial charge is 0.466 e. The van der Waals surface area contributed by atoms with Crippen molar-refractivity contribution in [3.05, 3.63) is 28.8 Å². The summed E-state index contributed by atoms with van der Waals surface area (Å²) in [6.07, 6.45) is -4.99. The lowest BCUT2D eigenvalue weighted by atomic mass is 10.0. The fourth-order valence-corrected chi connectivity index (χ4v) is 1.74. The van der Waals surface area contributed by atoms with E-state index in [9.17, 15) is 18.0 Å². The van der Waals surface area contributed by atoms with Crippen molar-refractivity contribution in [2.45, 2.75) is 25.7 Å². The first-order chi connectivity index (χ1) is 9.21. The number of carbonyl (C=O) groups excluding carboxylic acids is 1. The molecule has 1 aromatic rings. The summed E-state index contributed by atoms with van der Waals surface area (Å²) in [6, 6.07) is 2.64. The molecule has 0 saturated heterocycles. The van der Waals surface area contributed by atoms with E-state index in [0.29, 0.717) is 0 Å². The molecule has 0 aliphatic heterocycles. The summed E-state index contributed by atoms with van der Waals surface area (Å²) in [4.78, 5) is 11.3. The van der Waals surface area contributed by atoms with Crippen LogP contribution in [-0.2, 0) is 9.53 Å². The van der Waals surface area contributed by atoms with Crippen molar-refractivity contribution < 1.29 is 27.4 Å². The van der Waals surface area contributed by atoms with E-state index in [-0.39, 0.29) is 36.0 Å². The zero-order valence-electron chi connectivity index (χ0n) is 10.9. The minimum atomic E-state index is -4.83. The molecule has 0 saturated carbocycles. The van der Waals surface area contributed by atoms with Crippen LogP contribution < -0.4 is 10.5 Å². The Kier molecular flexibility index (Phi) is 7.84. The predicted molar refractivity (Wildman–Crippen MR) is 73.6 cm³/mol. The van der Waals surface area contributed by atoms with E-state index in [1.165, 1.54) is 6.07 Å². The van der Waals surface area contributed by atoms with E-state index in [1.807, 2.05) is 0 Å². The number of hydrogen-bond donors (Lipinski definition) is 1. The number of halogens is 5. The van der Waals surface area contributed by atoms with Gasteiger partial charge < -0.3 is 15.2 Å². The fraction of sp³-hybridized carbons (Fsp3) is 0.417. The van der Waals surface area contributed by atoms with E-state index in [1.54, 1.807) is 6.92 Å². The molecule has 4 nitrogen and oxygen atoms in total. The van der Waals surface area contributed by atoms with Crippen molar-refractivity contribution in [3.63, 3.8) is 0 Å². The van der Waals surface area contributed by atoms with Crippen LogP contribution in [0.15, 0.2) is 18.2 Å². The second-order valence-corrected chi connectivity index (χ2v) is 4.32. The van der Waals surface area contributed by atoms with Crippen LogP contribution in [0.2, 0.25) is 5.02 Å². The zero-order chi connectivity index (χ0) is 15.3. The van der Waals surface area contributed by atoms with E-state index < -0.39 is 24.1 Å². The van der Waals surface area contributed by atoms with Crippen LogP contribution in [0.1, 0.15) is 24.9 Å². The van der Waals surface area contributed by atoms with Gasteiger partial charge in [-0.1, -0.05) is 11.6 Å². The Balaban J connectivity index is 0.00000400. The second kappa shape index (κ2) is 8.31. The van der Waals surface area contributed by atoms with Crippen molar-refractivity contribution in [1.29, 1.82) is 0 Å². The van der Waals surface area contributed by atoms with Crippen LogP contribution in [0.5, 0.6) is 5.75 Å². The molecule has 120 valence electrons. The Labute approximate surface area is 130 Å². The first kappa shape index (κ1) is 19.8. The molecule has 0 bridgehead atoms. The normalized spacial score (nSPS) is 12.3. The highest BCUT2D eigenvalue weighted by Crippen LogP contribution is 2.29. The molecule has 1 atom stereocenters. The van der Waals surface area contributed by atoms with Gasteiger partial charge >= 0.3 is 12.3 Å². The zero-order valence-corrected chi connectivity index (χ0v) is 12.5. The lowest BCUT2D eigenvalue weighted by Gasteiger charge is -2.14. The largest absolute Gasteiger partial charge is 0.573 e. The summed E-state index contributed by atoms with van der Waals surface area (Å²) in [7, 11) is 0. The number of nitrogens with two attached hydrogens (primary N) is 1. The molecule has 0 aromatic heterocycles. The van der Waals surface area contributed by atoms with Crippen LogP contribution >= 0.6 is 24.0 Å². The summed E-state index contributed by atoms with van der Waals surface area (Å²) in [6.45, 7) is 1.83. The lowest BCUT2D eigenvalue weighted by Crippen LogP contribution is -2.19. The third kappa shape index (κ3) is 7.40. The third-order valence-corrected chi connectivity index (χ3v) is 2.47. The molecule has 0 radical (unpaired) electrons. The highest BCUT2D eigenvalue weighted by atomic mass is 35.5. The topological polar surface area (TPSA) is 61.5 Å². The molecule has 2 N–H and O–H groups in total. The minimum absolute atomic E-state index is 0. The van der Waals surface area contributed by atoms with E-state index in [4.69, 9.17) is 22.1 Å². The van der Waals surface area contributed by atoms with E-state index in [0.717, 1.165) is 12.1 Å². The Morgan fingerprint density at radius 2 is 2.00 bits per heavy atom. The maximum Gasteiger partial charge on any atom is 0.573 e. The molecular formula is C12H14Cl2F3NO3. The number of rotatable bonds is 5. The van der Waals surface area contributed by atoms with Gasteiger partial charge in [-0.3, -0.25) is 4.79 Å². The maximum absolute atomic E-state index is 12.1. The molecule has 0 amide bonds. The number of esters is 1. The van der Waals surface area contributed by atoms with Gasteiger partial charge in [-0.25, -0.2) is 0 Å².